The summed E-state index contributed by atoms with van der Waals surface area (Å²) in [5.74, 6) is -0.601. The molecule has 8 heteroatoms. The van der Waals surface area contributed by atoms with E-state index in [0.717, 1.165) is 42.1 Å². The Kier molecular flexibility index (Phi) is 6.77. The summed E-state index contributed by atoms with van der Waals surface area (Å²) >= 11 is 0. The van der Waals surface area contributed by atoms with E-state index >= 15 is 0 Å². The summed E-state index contributed by atoms with van der Waals surface area (Å²) in [5, 5.41) is 4.40. The molecular weight excluding hydrogens is 456 g/mol. The Hall–Kier alpha value is -4.04. The van der Waals surface area contributed by atoms with E-state index in [1.165, 1.54) is 0 Å². The topological polar surface area (TPSA) is 88.2 Å². The highest BCUT2D eigenvalue weighted by Crippen LogP contribution is 2.23. The van der Waals surface area contributed by atoms with Gasteiger partial charge in [-0.25, -0.2) is 14.5 Å². The monoisotopic (exact) mass is 484 g/mol. The molecule has 1 atom stereocenters. The van der Waals surface area contributed by atoms with Gasteiger partial charge in [0.25, 0.3) is 5.82 Å². The molecule has 184 valence electrons. The van der Waals surface area contributed by atoms with Gasteiger partial charge >= 0.3 is 5.97 Å². The SMILES string of the molecule is Cc1cc(C(=O)COC(=O)c2nc(-c3ccccc3)n(-c3ccccc3)n2)c(C)n1CC1CCCO1. The van der Waals surface area contributed by atoms with Crippen molar-refractivity contribution in [2.45, 2.75) is 39.3 Å². The van der Waals surface area contributed by atoms with E-state index in [2.05, 4.69) is 14.6 Å². The van der Waals surface area contributed by atoms with Crippen molar-refractivity contribution >= 4 is 11.8 Å². The molecule has 1 saturated heterocycles. The Bertz CT molecular complexity index is 1310. The van der Waals surface area contributed by atoms with Crippen molar-refractivity contribution in [3.8, 4) is 17.1 Å². The van der Waals surface area contributed by atoms with Crippen molar-refractivity contribution in [3.05, 3.63) is 89.5 Å². The number of rotatable bonds is 8. The van der Waals surface area contributed by atoms with Crippen LogP contribution < -0.4 is 0 Å². The van der Waals surface area contributed by atoms with Crippen LogP contribution >= 0.6 is 0 Å². The number of esters is 1. The van der Waals surface area contributed by atoms with Gasteiger partial charge < -0.3 is 14.0 Å². The van der Waals surface area contributed by atoms with Gasteiger partial charge in [0.2, 0.25) is 5.78 Å². The van der Waals surface area contributed by atoms with Crippen LogP contribution in [0.15, 0.2) is 66.7 Å². The van der Waals surface area contributed by atoms with E-state index in [1.54, 1.807) is 4.68 Å². The highest BCUT2D eigenvalue weighted by atomic mass is 16.5. The Labute approximate surface area is 209 Å². The average Bonchev–Trinajstić information content (AvgIpc) is 3.65. The molecule has 0 saturated carbocycles. The first-order valence-electron chi connectivity index (χ1n) is 12.1. The lowest BCUT2D eigenvalue weighted by Crippen LogP contribution is -2.18. The fourth-order valence-corrected chi connectivity index (χ4v) is 4.55. The zero-order valence-electron chi connectivity index (χ0n) is 20.4. The summed E-state index contributed by atoms with van der Waals surface area (Å²) in [5.41, 5.74) is 3.95. The van der Waals surface area contributed by atoms with E-state index in [0.29, 0.717) is 17.9 Å². The number of carbonyl (C=O) groups excluding carboxylic acids is 2. The Morgan fingerprint density at radius 1 is 1.06 bits per heavy atom. The van der Waals surface area contributed by atoms with Crippen molar-refractivity contribution in [2.24, 2.45) is 0 Å². The lowest BCUT2D eigenvalue weighted by molar-refractivity contribution is 0.0462. The van der Waals surface area contributed by atoms with Gasteiger partial charge in [0.15, 0.2) is 12.4 Å². The summed E-state index contributed by atoms with van der Waals surface area (Å²) in [6.45, 7) is 4.99. The van der Waals surface area contributed by atoms with Crippen LogP contribution in [0.1, 0.15) is 45.2 Å². The first-order valence-corrected chi connectivity index (χ1v) is 12.1. The molecule has 2 aromatic heterocycles. The van der Waals surface area contributed by atoms with Crippen LogP contribution in [-0.4, -0.2) is 50.4 Å². The van der Waals surface area contributed by atoms with Crippen molar-refractivity contribution < 1.29 is 19.1 Å². The van der Waals surface area contributed by atoms with Crippen molar-refractivity contribution in [1.82, 2.24) is 19.3 Å². The highest BCUT2D eigenvalue weighted by molar-refractivity contribution is 6.00. The predicted octanol–water partition coefficient (Wildman–Crippen LogP) is 4.57. The molecule has 5 rings (SSSR count). The number of hydrogen-bond donors (Lipinski definition) is 0. The molecule has 0 aliphatic carbocycles. The molecule has 1 unspecified atom stereocenters. The second-order valence-corrected chi connectivity index (χ2v) is 8.90. The van der Waals surface area contributed by atoms with E-state index in [4.69, 9.17) is 9.47 Å². The predicted molar refractivity (Wildman–Crippen MR) is 134 cm³/mol. The molecular formula is C28H28N4O4. The second-order valence-electron chi connectivity index (χ2n) is 8.90. The van der Waals surface area contributed by atoms with E-state index in [9.17, 15) is 9.59 Å². The zero-order valence-corrected chi connectivity index (χ0v) is 20.4. The number of aryl methyl sites for hydroxylation is 1. The van der Waals surface area contributed by atoms with Gasteiger partial charge in [-0.05, 0) is 44.9 Å². The lowest BCUT2D eigenvalue weighted by Gasteiger charge is -2.14. The van der Waals surface area contributed by atoms with Crippen LogP contribution in [-0.2, 0) is 16.0 Å². The molecule has 1 aliphatic rings. The van der Waals surface area contributed by atoms with Crippen LogP contribution in [0.4, 0.5) is 0 Å². The molecule has 1 fully saturated rings. The molecule has 0 N–H and O–H groups in total. The van der Waals surface area contributed by atoms with E-state index in [-0.39, 0.29) is 24.3 Å². The van der Waals surface area contributed by atoms with Crippen molar-refractivity contribution in [3.63, 3.8) is 0 Å². The summed E-state index contributed by atoms with van der Waals surface area (Å²) in [4.78, 5) is 30.3. The number of ketones is 1. The molecule has 4 aromatic rings. The van der Waals surface area contributed by atoms with E-state index in [1.807, 2.05) is 80.6 Å². The van der Waals surface area contributed by atoms with Gasteiger partial charge in [-0.15, -0.1) is 5.10 Å². The fraction of sp³-hybridized carbons (Fsp3) is 0.286. The molecule has 2 aromatic carbocycles. The standard InChI is InChI=1S/C28H28N4O4/c1-19-16-24(20(2)31(19)17-23-14-9-15-35-23)25(33)18-36-28(34)26-29-27(21-10-5-3-6-11-21)32(30-26)22-12-7-4-8-13-22/h3-8,10-13,16,23H,9,14-15,17-18H2,1-2H3. The Morgan fingerprint density at radius 2 is 1.78 bits per heavy atom. The highest BCUT2D eigenvalue weighted by Gasteiger charge is 2.24. The average molecular weight is 485 g/mol. The van der Waals surface area contributed by atoms with Gasteiger partial charge in [0.05, 0.1) is 11.8 Å². The minimum absolute atomic E-state index is 0.102. The van der Waals surface area contributed by atoms with Crippen molar-refractivity contribution in [2.75, 3.05) is 13.2 Å². The van der Waals surface area contributed by atoms with Crippen LogP contribution in [0.5, 0.6) is 0 Å². The first-order chi connectivity index (χ1) is 17.5. The maximum Gasteiger partial charge on any atom is 0.378 e. The first kappa shape index (κ1) is 23.7. The number of ether oxygens (including phenoxy) is 2. The van der Waals surface area contributed by atoms with Gasteiger partial charge in [0.1, 0.15) is 0 Å². The summed E-state index contributed by atoms with van der Waals surface area (Å²) in [6.07, 6.45) is 2.25. The second kappa shape index (κ2) is 10.3. The normalized spacial score (nSPS) is 15.2. The molecule has 0 radical (unpaired) electrons. The molecule has 0 amide bonds. The largest absolute Gasteiger partial charge is 0.451 e. The minimum atomic E-state index is -0.747. The molecule has 0 bridgehead atoms. The lowest BCUT2D eigenvalue weighted by atomic mass is 10.1. The van der Waals surface area contributed by atoms with E-state index < -0.39 is 5.97 Å². The summed E-state index contributed by atoms with van der Waals surface area (Å²) in [7, 11) is 0. The number of nitrogens with zero attached hydrogens (tertiary/aromatic N) is 4. The summed E-state index contributed by atoms with van der Waals surface area (Å²) in [6, 6.07) is 20.8. The maximum absolute atomic E-state index is 13.0. The Morgan fingerprint density at radius 3 is 2.47 bits per heavy atom. The van der Waals surface area contributed by atoms with Gasteiger partial charge in [-0.2, -0.15) is 0 Å². The number of Topliss-reactive ketones (excluding diaryl/α,β-unsaturated/α-hetero) is 1. The van der Waals surface area contributed by atoms with Gasteiger partial charge in [0, 0.05) is 35.7 Å². The molecule has 1 aliphatic heterocycles. The number of hydrogen-bond acceptors (Lipinski definition) is 6. The number of para-hydroxylation sites is 1. The van der Waals surface area contributed by atoms with Crippen LogP contribution in [0.2, 0.25) is 0 Å². The molecule has 3 heterocycles. The third-order valence-electron chi connectivity index (χ3n) is 6.44. The van der Waals surface area contributed by atoms with Gasteiger partial charge in [-0.1, -0.05) is 48.5 Å². The zero-order chi connectivity index (χ0) is 25.1. The third kappa shape index (κ3) is 4.85. The van der Waals surface area contributed by atoms with Gasteiger partial charge in [-0.3, -0.25) is 4.79 Å². The quantitative estimate of drug-likeness (QED) is 0.269. The maximum atomic E-state index is 13.0. The van der Waals surface area contributed by atoms with Crippen LogP contribution in [0.3, 0.4) is 0 Å². The van der Waals surface area contributed by atoms with Crippen LogP contribution in [0.25, 0.3) is 17.1 Å². The van der Waals surface area contributed by atoms with Crippen LogP contribution in [0, 0.1) is 13.8 Å². The molecule has 36 heavy (non-hydrogen) atoms. The smallest absolute Gasteiger partial charge is 0.378 e. The fourth-order valence-electron chi connectivity index (χ4n) is 4.55. The third-order valence-corrected chi connectivity index (χ3v) is 6.44. The molecule has 8 nitrogen and oxygen atoms in total. The number of carbonyl (C=O) groups is 2. The van der Waals surface area contributed by atoms with Crippen molar-refractivity contribution in [1.29, 1.82) is 0 Å². The summed E-state index contributed by atoms with van der Waals surface area (Å²) < 4.78 is 14.8. The number of aromatic nitrogens is 4. The number of benzene rings is 2. The molecule has 0 spiro atoms. The minimum Gasteiger partial charge on any atom is -0.451 e. The Balaban J connectivity index is 1.33.